The van der Waals surface area contributed by atoms with E-state index in [2.05, 4.69) is 17.2 Å². The summed E-state index contributed by atoms with van der Waals surface area (Å²) in [6, 6.07) is 2.33. The van der Waals surface area contributed by atoms with Crippen LogP contribution in [0.2, 0.25) is 0 Å². The van der Waals surface area contributed by atoms with Gasteiger partial charge in [0.2, 0.25) is 5.91 Å². The van der Waals surface area contributed by atoms with E-state index in [1.165, 1.54) is 6.92 Å². The van der Waals surface area contributed by atoms with Gasteiger partial charge in [-0.3, -0.25) is 4.79 Å². The van der Waals surface area contributed by atoms with E-state index >= 15 is 0 Å². The van der Waals surface area contributed by atoms with Crippen LogP contribution in [0.4, 0.5) is 17.6 Å². The average molecular weight is 273 g/mol. The first-order chi connectivity index (χ1) is 8.80. The number of halogens is 4. The molecule has 2 nitrogen and oxygen atoms in total. The Morgan fingerprint density at radius 1 is 1.37 bits per heavy atom. The molecule has 1 amide bonds. The van der Waals surface area contributed by atoms with Gasteiger partial charge in [-0.25, -0.2) is 4.39 Å². The Kier molecular flexibility index (Phi) is 4.93. The van der Waals surface area contributed by atoms with Crippen LogP contribution in [-0.2, 0) is 11.0 Å². The third kappa shape index (κ3) is 5.00. The first-order valence-corrected chi connectivity index (χ1v) is 5.41. The number of nitrogens with one attached hydrogen (secondary N) is 1. The Labute approximate surface area is 107 Å². The Hall–Kier alpha value is -2.03. The molecule has 0 aromatic heterocycles. The maximum atomic E-state index is 12.8. The monoisotopic (exact) mass is 273 g/mol. The summed E-state index contributed by atoms with van der Waals surface area (Å²) in [5, 5.41) is 2.46. The van der Waals surface area contributed by atoms with Crippen LogP contribution < -0.4 is 5.32 Å². The third-order valence-electron chi connectivity index (χ3n) is 2.13. The molecule has 1 aromatic rings. The van der Waals surface area contributed by atoms with Crippen molar-refractivity contribution in [3.63, 3.8) is 0 Å². The summed E-state index contributed by atoms with van der Waals surface area (Å²) in [7, 11) is 0. The van der Waals surface area contributed by atoms with E-state index in [0.29, 0.717) is 6.07 Å². The van der Waals surface area contributed by atoms with Gasteiger partial charge in [0.05, 0.1) is 5.56 Å². The van der Waals surface area contributed by atoms with Crippen LogP contribution in [0.5, 0.6) is 0 Å². The second-order valence-electron chi connectivity index (χ2n) is 3.72. The number of alkyl halides is 3. The zero-order chi connectivity index (χ0) is 14.5. The van der Waals surface area contributed by atoms with Crippen LogP contribution in [0.1, 0.15) is 24.5 Å². The summed E-state index contributed by atoms with van der Waals surface area (Å²) < 4.78 is 50.7. The van der Waals surface area contributed by atoms with Crippen molar-refractivity contribution in [1.29, 1.82) is 0 Å². The first kappa shape index (κ1) is 15.0. The van der Waals surface area contributed by atoms with Crippen LogP contribution in [0, 0.1) is 17.7 Å². The fourth-order valence-electron chi connectivity index (χ4n) is 1.32. The summed E-state index contributed by atoms with van der Waals surface area (Å²) in [6.45, 7) is 1.58. The quantitative estimate of drug-likeness (QED) is 0.501. The van der Waals surface area contributed by atoms with Crippen molar-refractivity contribution in [2.24, 2.45) is 0 Å². The minimum atomic E-state index is -4.65. The normalized spacial score (nSPS) is 10.6. The fraction of sp³-hybridized carbons (Fsp3) is 0.308. The Balaban J connectivity index is 2.84. The largest absolute Gasteiger partial charge is 0.417 e. The lowest BCUT2D eigenvalue weighted by molar-refractivity contribution is -0.138. The lowest BCUT2D eigenvalue weighted by atomic mass is 10.1. The number of rotatable bonds is 2. The highest BCUT2D eigenvalue weighted by molar-refractivity contribution is 5.72. The molecule has 0 radical (unpaired) electrons. The van der Waals surface area contributed by atoms with Crippen molar-refractivity contribution in [3.8, 4) is 11.8 Å². The highest BCUT2D eigenvalue weighted by atomic mass is 19.4. The van der Waals surface area contributed by atoms with Crippen LogP contribution in [0.3, 0.4) is 0 Å². The molecule has 0 atom stereocenters. The SMILES string of the molecule is CC(=O)NCCC#Cc1ccc(F)cc1C(F)(F)F. The van der Waals surface area contributed by atoms with Crippen LogP contribution in [0.15, 0.2) is 18.2 Å². The number of carbonyl (C=O) groups is 1. The number of carbonyl (C=O) groups excluding carboxylic acids is 1. The van der Waals surface area contributed by atoms with Crippen molar-refractivity contribution >= 4 is 5.91 Å². The molecule has 19 heavy (non-hydrogen) atoms. The topological polar surface area (TPSA) is 29.1 Å². The summed E-state index contributed by atoms with van der Waals surface area (Å²) in [6.07, 6.45) is -4.43. The van der Waals surface area contributed by atoms with Crippen molar-refractivity contribution in [2.45, 2.75) is 19.5 Å². The van der Waals surface area contributed by atoms with Crippen LogP contribution in [0.25, 0.3) is 0 Å². The van der Waals surface area contributed by atoms with Crippen LogP contribution >= 0.6 is 0 Å². The van der Waals surface area contributed by atoms with E-state index in [-0.39, 0.29) is 24.4 Å². The van der Waals surface area contributed by atoms with Gasteiger partial charge < -0.3 is 5.32 Å². The van der Waals surface area contributed by atoms with Crippen molar-refractivity contribution in [1.82, 2.24) is 5.32 Å². The van der Waals surface area contributed by atoms with Gasteiger partial charge in [-0.05, 0) is 18.2 Å². The van der Waals surface area contributed by atoms with Crippen molar-refractivity contribution in [2.75, 3.05) is 6.54 Å². The molecule has 1 N–H and O–H groups in total. The second kappa shape index (κ2) is 6.23. The second-order valence-corrected chi connectivity index (χ2v) is 3.72. The molecule has 0 aliphatic heterocycles. The van der Waals surface area contributed by atoms with E-state index in [4.69, 9.17) is 0 Å². The lowest BCUT2D eigenvalue weighted by Gasteiger charge is -2.08. The Morgan fingerprint density at radius 2 is 2.05 bits per heavy atom. The molecule has 102 valence electrons. The van der Waals surface area contributed by atoms with E-state index in [1.54, 1.807) is 0 Å². The molecule has 0 aliphatic rings. The zero-order valence-electron chi connectivity index (χ0n) is 10.1. The Bertz CT molecular complexity index is 526. The molecular weight excluding hydrogens is 262 g/mol. The highest BCUT2D eigenvalue weighted by Crippen LogP contribution is 2.32. The molecule has 0 unspecified atom stereocenters. The predicted octanol–water partition coefficient (Wildman–Crippen LogP) is 2.72. The number of hydrogen-bond donors (Lipinski definition) is 1. The minimum absolute atomic E-state index is 0.217. The molecule has 0 heterocycles. The van der Waals surface area contributed by atoms with Gasteiger partial charge in [0.25, 0.3) is 0 Å². The highest BCUT2D eigenvalue weighted by Gasteiger charge is 2.33. The zero-order valence-corrected chi connectivity index (χ0v) is 10.1. The standard InChI is InChI=1S/C13H11F4NO/c1-9(19)18-7-3-2-4-10-5-6-11(14)8-12(10)13(15,16)17/h5-6,8H,3,7H2,1H3,(H,18,19). The number of amides is 1. The van der Waals surface area contributed by atoms with Crippen LogP contribution in [-0.4, -0.2) is 12.5 Å². The molecule has 1 aromatic carbocycles. The smallest absolute Gasteiger partial charge is 0.355 e. The number of hydrogen-bond acceptors (Lipinski definition) is 1. The predicted molar refractivity (Wildman–Crippen MR) is 61.6 cm³/mol. The molecular formula is C13H11F4NO. The van der Waals surface area contributed by atoms with Gasteiger partial charge in [-0.1, -0.05) is 11.8 Å². The summed E-state index contributed by atoms with van der Waals surface area (Å²) in [5.74, 6) is 3.64. The molecule has 0 saturated carbocycles. The molecule has 1 rings (SSSR count). The Morgan fingerprint density at radius 3 is 2.63 bits per heavy atom. The molecule has 0 bridgehead atoms. The van der Waals surface area contributed by atoms with E-state index in [0.717, 1.165) is 12.1 Å². The van der Waals surface area contributed by atoms with Crippen molar-refractivity contribution in [3.05, 3.63) is 35.1 Å². The van der Waals surface area contributed by atoms with E-state index in [9.17, 15) is 22.4 Å². The third-order valence-corrected chi connectivity index (χ3v) is 2.13. The summed E-state index contributed by atoms with van der Waals surface area (Å²) in [4.78, 5) is 10.6. The summed E-state index contributed by atoms with van der Waals surface area (Å²) >= 11 is 0. The van der Waals surface area contributed by atoms with Gasteiger partial charge in [0.15, 0.2) is 0 Å². The van der Waals surface area contributed by atoms with Gasteiger partial charge in [-0.2, -0.15) is 13.2 Å². The fourth-order valence-corrected chi connectivity index (χ4v) is 1.32. The molecule has 0 saturated heterocycles. The number of benzene rings is 1. The van der Waals surface area contributed by atoms with Gasteiger partial charge >= 0.3 is 6.18 Å². The lowest BCUT2D eigenvalue weighted by Crippen LogP contribution is -2.20. The average Bonchev–Trinajstić information content (AvgIpc) is 2.28. The van der Waals surface area contributed by atoms with E-state index in [1.807, 2.05) is 0 Å². The maximum absolute atomic E-state index is 12.8. The summed E-state index contributed by atoms with van der Waals surface area (Å²) in [5.41, 5.74) is -1.38. The molecule has 6 heteroatoms. The van der Waals surface area contributed by atoms with Gasteiger partial charge in [0, 0.05) is 25.5 Å². The van der Waals surface area contributed by atoms with Crippen molar-refractivity contribution < 1.29 is 22.4 Å². The molecule has 0 spiro atoms. The van der Waals surface area contributed by atoms with E-state index < -0.39 is 17.6 Å². The maximum Gasteiger partial charge on any atom is 0.417 e. The molecule has 0 aliphatic carbocycles. The minimum Gasteiger partial charge on any atom is -0.355 e. The van der Waals surface area contributed by atoms with Gasteiger partial charge in [-0.15, -0.1) is 0 Å². The molecule has 0 fully saturated rings. The van der Waals surface area contributed by atoms with Gasteiger partial charge in [0.1, 0.15) is 5.82 Å². The first-order valence-electron chi connectivity index (χ1n) is 5.41.